The van der Waals surface area contributed by atoms with Gasteiger partial charge in [-0.3, -0.25) is 0 Å². The van der Waals surface area contributed by atoms with Gasteiger partial charge in [0.25, 0.3) is 0 Å². The number of rotatable bonds is 2. The molecule has 1 atom stereocenters. The highest BCUT2D eigenvalue weighted by Crippen LogP contribution is 2.22. The van der Waals surface area contributed by atoms with Gasteiger partial charge in [0, 0.05) is 6.54 Å². The maximum absolute atomic E-state index is 9.80. The lowest BCUT2D eigenvalue weighted by atomic mass is 9.92. The summed E-state index contributed by atoms with van der Waals surface area (Å²) < 4.78 is 0. The van der Waals surface area contributed by atoms with Crippen LogP contribution in [0.3, 0.4) is 0 Å². The van der Waals surface area contributed by atoms with E-state index in [4.69, 9.17) is 0 Å². The summed E-state index contributed by atoms with van der Waals surface area (Å²) in [5, 5.41) is 13.0. The molecule has 1 saturated heterocycles. The van der Waals surface area contributed by atoms with Crippen LogP contribution in [0, 0.1) is 5.92 Å². The smallest absolute Gasteiger partial charge is 0.0786 e. The molecule has 0 saturated carbocycles. The van der Waals surface area contributed by atoms with Crippen molar-refractivity contribution in [1.82, 2.24) is 5.32 Å². The van der Waals surface area contributed by atoms with Gasteiger partial charge >= 0.3 is 0 Å². The van der Waals surface area contributed by atoms with Crippen molar-refractivity contribution >= 4 is 0 Å². The molecule has 0 bridgehead atoms. The standard InChI is InChI=1S/C8H17NO/c1-7(2)5-8(10)3-4-9-6-8/h7,9-10H,3-6H2,1-2H3. The highest BCUT2D eigenvalue weighted by Gasteiger charge is 2.31. The molecule has 0 amide bonds. The van der Waals surface area contributed by atoms with E-state index in [1.54, 1.807) is 0 Å². The van der Waals surface area contributed by atoms with Gasteiger partial charge in [0.15, 0.2) is 0 Å². The van der Waals surface area contributed by atoms with Crippen molar-refractivity contribution < 1.29 is 5.11 Å². The third-order valence-corrected chi connectivity index (χ3v) is 2.01. The van der Waals surface area contributed by atoms with Gasteiger partial charge in [0.1, 0.15) is 0 Å². The molecule has 0 radical (unpaired) electrons. The maximum Gasteiger partial charge on any atom is 0.0786 e. The average molecular weight is 143 g/mol. The minimum Gasteiger partial charge on any atom is -0.389 e. The Morgan fingerprint density at radius 1 is 1.60 bits per heavy atom. The van der Waals surface area contributed by atoms with E-state index in [0.29, 0.717) is 5.92 Å². The zero-order valence-electron chi connectivity index (χ0n) is 6.85. The first kappa shape index (κ1) is 8.02. The second-order valence-electron chi connectivity index (χ2n) is 3.75. The van der Waals surface area contributed by atoms with E-state index < -0.39 is 5.60 Å². The summed E-state index contributed by atoms with van der Waals surface area (Å²) in [7, 11) is 0. The fourth-order valence-electron chi connectivity index (χ4n) is 1.66. The van der Waals surface area contributed by atoms with Crippen LogP contribution in [0.15, 0.2) is 0 Å². The van der Waals surface area contributed by atoms with Crippen LogP contribution in [0.4, 0.5) is 0 Å². The highest BCUT2D eigenvalue weighted by molar-refractivity contribution is 4.88. The van der Waals surface area contributed by atoms with Crippen molar-refractivity contribution in [3.05, 3.63) is 0 Å². The Kier molecular flexibility index (Phi) is 2.32. The summed E-state index contributed by atoms with van der Waals surface area (Å²) in [5.41, 5.74) is -0.395. The van der Waals surface area contributed by atoms with E-state index in [1.165, 1.54) is 0 Å². The maximum atomic E-state index is 9.80. The van der Waals surface area contributed by atoms with Crippen LogP contribution in [-0.2, 0) is 0 Å². The molecule has 0 aromatic carbocycles. The Balaban J connectivity index is 2.36. The summed E-state index contributed by atoms with van der Waals surface area (Å²) in [5.74, 6) is 0.602. The molecule has 0 aromatic rings. The van der Waals surface area contributed by atoms with Crippen molar-refractivity contribution in [2.45, 2.75) is 32.3 Å². The molecular weight excluding hydrogens is 126 g/mol. The molecule has 1 rings (SSSR count). The highest BCUT2D eigenvalue weighted by atomic mass is 16.3. The van der Waals surface area contributed by atoms with Crippen LogP contribution < -0.4 is 5.32 Å². The average Bonchev–Trinajstić information content (AvgIpc) is 2.12. The van der Waals surface area contributed by atoms with Crippen molar-refractivity contribution in [2.75, 3.05) is 13.1 Å². The van der Waals surface area contributed by atoms with Crippen LogP contribution in [0.5, 0.6) is 0 Å². The van der Waals surface area contributed by atoms with E-state index in [1.807, 2.05) is 0 Å². The normalized spacial score (nSPS) is 33.6. The molecule has 0 aromatic heterocycles. The molecular formula is C8H17NO. The molecule has 0 spiro atoms. The quantitative estimate of drug-likeness (QED) is 0.598. The number of hydrogen-bond acceptors (Lipinski definition) is 2. The molecule has 2 nitrogen and oxygen atoms in total. The van der Waals surface area contributed by atoms with Gasteiger partial charge in [-0.2, -0.15) is 0 Å². The van der Waals surface area contributed by atoms with E-state index >= 15 is 0 Å². The van der Waals surface area contributed by atoms with Gasteiger partial charge in [-0.25, -0.2) is 0 Å². The lowest BCUT2D eigenvalue weighted by molar-refractivity contribution is 0.0398. The lowest BCUT2D eigenvalue weighted by Gasteiger charge is -2.22. The van der Waals surface area contributed by atoms with Crippen LogP contribution in [-0.4, -0.2) is 23.8 Å². The van der Waals surface area contributed by atoms with Crippen LogP contribution in [0.25, 0.3) is 0 Å². The van der Waals surface area contributed by atoms with Crippen molar-refractivity contribution in [3.63, 3.8) is 0 Å². The second kappa shape index (κ2) is 2.89. The topological polar surface area (TPSA) is 32.3 Å². The molecule has 1 heterocycles. The third-order valence-electron chi connectivity index (χ3n) is 2.01. The van der Waals surface area contributed by atoms with Crippen molar-refractivity contribution in [3.8, 4) is 0 Å². The molecule has 1 fully saturated rings. The minimum atomic E-state index is -0.395. The summed E-state index contributed by atoms with van der Waals surface area (Å²) in [6.07, 6.45) is 1.85. The molecule has 0 aliphatic carbocycles. The molecule has 1 aliphatic heterocycles. The van der Waals surface area contributed by atoms with E-state index in [0.717, 1.165) is 25.9 Å². The van der Waals surface area contributed by atoms with Crippen LogP contribution in [0.2, 0.25) is 0 Å². The fraction of sp³-hybridized carbons (Fsp3) is 1.00. The Morgan fingerprint density at radius 3 is 2.70 bits per heavy atom. The summed E-state index contributed by atoms with van der Waals surface area (Å²) in [4.78, 5) is 0. The zero-order chi connectivity index (χ0) is 7.61. The zero-order valence-corrected chi connectivity index (χ0v) is 6.85. The van der Waals surface area contributed by atoms with E-state index in [9.17, 15) is 5.11 Å². The lowest BCUT2D eigenvalue weighted by Crippen LogP contribution is -2.32. The first-order valence-electron chi connectivity index (χ1n) is 4.05. The minimum absolute atomic E-state index is 0.395. The third kappa shape index (κ3) is 1.96. The Labute approximate surface area is 62.6 Å². The van der Waals surface area contributed by atoms with Gasteiger partial charge in [-0.1, -0.05) is 13.8 Å². The van der Waals surface area contributed by atoms with Crippen LogP contribution >= 0.6 is 0 Å². The van der Waals surface area contributed by atoms with Gasteiger partial charge in [0.2, 0.25) is 0 Å². The first-order chi connectivity index (χ1) is 4.62. The first-order valence-corrected chi connectivity index (χ1v) is 4.05. The van der Waals surface area contributed by atoms with Gasteiger partial charge < -0.3 is 10.4 Å². The summed E-state index contributed by atoms with van der Waals surface area (Å²) >= 11 is 0. The molecule has 1 unspecified atom stereocenters. The van der Waals surface area contributed by atoms with Gasteiger partial charge in [-0.15, -0.1) is 0 Å². The van der Waals surface area contributed by atoms with E-state index in [2.05, 4.69) is 19.2 Å². The fourth-order valence-corrected chi connectivity index (χ4v) is 1.66. The molecule has 10 heavy (non-hydrogen) atoms. The summed E-state index contributed by atoms with van der Waals surface area (Å²) in [6, 6.07) is 0. The number of hydrogen-bond donors (Lipinski definition) is 2. The molecule has 2 N–H and O–H groups in total. The van der Waals surface area contributed by atoms with Gasteiger partial charge in [0.05, 0.1) is 5.60 Å². The largest absolute Gasteiger partial charge is 0.389 e. The van der Waals surface area contributed by atoms with E-state index in [-0.39, 0.29) is 0 Å². The van der Waals surface area contributed by atoms with Crippen molar-refractivity contribution in [1.29, 1.82) is 0 Å². The Morgan fingerprint density at radius 2 is 2.30 bits per heavy atom. The molecule has 60 valence electrons. The number of β-amino-alcohol motifs (C(OH)–C–C–N with tert-alkyl or cyclic N) is 1. The number of aliphatic hydroxyl groups is 1. The van der Waals surface area contributed by atoms with Crippen molar-refractivity contribution in [2.24, 2.45) is 5.92 Å². The summed E-state index contributed by atoms with van der Waals surface area (Å²) in [6.45, 7) is 6.06. The predicted molar refractivity (Wildman–Crippen MR) is 41.9 cm³/mol. The predicted octanol–water partition coefficient (Wildman–Crippen LogP) is 0.757. The molecule has 1 aliphatic rings. The Bertz CT molecular complexity index is 106. The second-order valence-corrected chi connectivity index (χ2v) is 3.75. The van der Waals surface area contributed by atoms with Gasteiger partial charge in [-0.05, 0) is 25.3 Å². The monoisotopic (exact) mass is 143 g/mol. The Hall–Kier alpha value is -0.0800. The number of nitrogens with one attached hydrogen (secondary N) is 1. The SMILES string of the molecule is CC(C)CC1(O)CCNC1. The molecule has 2 heteroatoms. The van der Waals surface area contributed by atoms with Crippen LogP contribution in [0.1, 0.15) is 26.7 Å².